The molecule has 3 aromatic rings. The molecule has 2 amide bonds. The molecule has 0 spiro atoms. The number of fused-ring (bicyclic) bond motifs is 1. The number of benzene rings is 2. The number of carbonyl (C=O) groups excluding carboxylic acids is 2. The highest BCUT2D eigenvalue weighted by Gasteiger charge is 2.18. The van der Waals surface area contributed by atoms with Gasteiger partial charge in [-0.15, -0.1) is 0 Å². The number of aromatic nitrogens is 2. The number of carbonyl (C=O) groups is 2. The van der Waals surface area contributed by atoms with Crippen LogP contribution >= 0.6 is 0 Å². The first-order chi connectivity index (χ1) is 17.4. The number of hydrogen-bond donors (Lipinski definition) is 2. The number of rotatable bonds is 10. The molecule has 1 aliphatic rings. The van der Waals surface area contributed by atoms with Gasteiger partial charge in [0.1, 0.15) is 12.4 Å². The van der Waals surface area contributed by atoms with E-state index in [1.807, 2.05) is 0 Å². The second-order valence-corrected chi connectivity index (χ2v) is 8.79. The third-order valence-corrected chi connectivity index (χ3v) is 6.17. The normalized spacial score (nSPS) is 15.2. The fraction of sp³-hybridized carbons (Fsp3) is 0.385. The fourth-order valence-corrected chi connectivity index (χ4v) is 4.24. The molecule has 2 aromatic carbocycles. The van der Waals surface area contributed by atoms with Gasteiger partial charge in [0.05, 0.1) is 17.0 Å². The van der Waals surface area contributed by atoms with Gasteiger partial charge in [0, 0.05) is 32.7 Å². The van der Waals surface area contributed by atoms with Gasteiger partial charge >= 0.3 is 5.69 Å². The van der Waals surface area contributed by atoms with E-state index in [0.29, 0.717) is 24.1 Å². The van der Waals surface area contributed by atoms with E-state index in [-0.39, 0.29) is 56.2 Å². The summed E-state index contributed by atoms with van der Waals surface area (Å²) < 4.78 is 20.9. The van der Waals surface area contributed by atoms with Crippen LogP contribution in [0.4, 0.5) is 4.39 Å². The van der Waals surface area contributed by atoms with E-state index in [1.54, 1.807) is 36.4 Å². The molecule has 0 bridgehead atoms. The van der Waals surface area contributed by atoms with Crippen LogP contribution < -0.4 is 21.9 Å². The standard InChI is InChI=1S/C26H29FN4O5/c27-19-11-9-18(10-12-19)15-28-23(32)8-3-13-30-25(34)21-6-1-2-7-22(21)31(26(30)35)17-24(33)29-16-20-5-4-14-36-20/h1-2,6-7,9-12,20H,3-5,8,13-17H2,(H,28,32)(H,29,33). The lowest BCUT2D eigenvalue weighted by molar-refractivity contribution is -0.122. The van der Waals surface area contributed by atoms with E-state index >= 15 is 0 Å². The van der Waals surface area contributed by atoms with Crippen LogP contribution in [0.3, 0.4) is 0 Å². The van der Waals surface area contributed by atoms with Crippen molar-refractivity contribution in [2.45, 2.75) is 51.4 Å². The molecule has 0 aliphatic carbocycles. The molecule has 0 radical (unpaired) electrons. The molecule has 1 atom stereocenters. The summed E-state index contributed by atoms with van der Waals surface area (Å²) in [5, 5.41) is 5.87. The number of nitrogens with zero attached hydrogens (tertiary/aromatic N) is 2. The Bertz CT molecular complexity index is 1340. The molecule has 190 valence electrons. The average molecular weight is 497 g/mol. The zero-order valence-corrected chi connectivity index (χ0v) is 19.9. The number of hydrogen-bond acceptors (Lipinski definition) is 5. The third-order valence-electron chi connectivity index (χ3n) is 6.17. The number of para-hydroxylation sites is 1. The Hall–Kier alpha value is -3.79. The Morgan fingerprint density at radius 3 is 2.53 bits per heavy atom. The Kier molecular flexibility index (Phi) is 8.27. The molecule has 1 saturated heterocycles. The SMILES string of the molecule is O=C(CCCn1c(=O)c2ccccc2n(CC(=O)NCC2CCCO2)c1=O)NCc1ccc(F)cc1. The predicted molar refractivity (Wildman–Crippen MR) is 132 cm³/mol. The van der Waals surface area contributed by atoms with Crippen LogP contribution in [0.2, 0.25) is 0 Å². The summed E-state index contributed by atoms with van der Waals surface area (Å²) >= 11 is 0. The summed E-state index contributed by atoms with van der Waals surface area (Å²) in [5.74, 6) is -0.943. The molecule has 2 heterocycles. The number of amides is 2. The molecular weight excluding hydrogens is 467 g/mol. The summed E-state index contributed by atoms with van der Waals surface area (Å²) in [4.78, 5) is 51.0. The largest absolute Gasteiger partial charge is 0.376 e. The molecule has 1 unspecified atom stereocenters. The molecular formula is C26H29FN4O5. The molecule has 10 heteroatoms. The van der Waals surface area contributed by atoms with Crippen molar-refractivity contribution in [2.75, 3.05) is 13.2 Å². The van der Waals surface area contributed by atoms with Crippen molar-refractivity contribution in [3.63, 3.8) is 0 Å². The second kappa shape index (κ2) is 11.8. The second-order valence-electron chi connectivity index (χ2n) is 8.79. The van der Waals surface area contributed by atoms with Crippen LogP contribution in [-0.2, 0) is 34.0 Å². The number of ether oxygens (including phenoxy) is 1. The zero-order chi connectivity index (χ0) is 25.5. The smallest absolute Gasteiger partial charge is 0.331 e. The van der Waals surface area contributed by atoms with E-state index in [0.717, 1.165) is 23.0 Å². The van der Waals surface area contributed by atoms with Gasteiger partial charge < -0.3 is 15.4 Å². The van der Waals surface area contributed by atoms with E-state index in [2.05, 4.69) is 10.6 Å². The maximum atomic E-state index is 13.2. The van der Waals surface area contributed by atoms with Crippen LogP contribution in [0.5, 0.6) is 0 Å². The van der Waals surface area contributed by atoms with Crippen molar-refractivity contribution in [2.24, 2.45) is 0 Å². The predicted octanol–water partition coefficient (Wildman–Crippen LogP) is 1.69. The average Bonchev–Trinajstić information content (AvgIpc) is 3.41. The molecule has 36 heavy (non-hydrogen) atoms. The van der Waals surface area contributed by atoms with Crippen LogP contribution in [0.25, 0.3) is 10.9 Å². The van der Waals surface area contributed by atoms with Crippen LogP contribution in [0, 0.1) is 5.82 Å². The Balaban J connectivity index is 1.42. The van der Waals surface area contributed by atoms with E-state index < -0.39 is 11.2 Å². The monoisotopic (exact) mass is 496 g/mol. The van der Waals surface area contributed by atoms with Crippen molar-refractivity contribution >= 4 is 22.7 Å². The first-order valence-electron chi connectivity index (χ1n) is 12.0. The molecule has 2 N–H and O–H groups in total. The van der Waals surface area contributed by atoms with Gasteiger partial charge in [-0.1, -0.05) is 24.3 Å². The molecule has 1 fully saturated rings. The first kappa shape index (κ1) is 25.3. The van der Waals surface area contributed by atoms with Crippen molar-refractivity contribution in [3.05, 3.63) is 80.7 Å². The number of halogens is 1. The molecule has 0 saturated carbocycles. The molecule has 9 nitrogen and oxygen atoms in total. The topological polar surface area (TPSA) is 111 Å². The lowest BCUT2D eigenvalue weighted by Crippen LogP contribution is -2.43. The highest BCUT2D eigenvalue weighted by atomic mass is 19.1. The van der Waals surface area contributed by atoms with Gasteiger partial charge in [0.25, 0.3) is 5.56 Å². The lowest BCUT2D eigenvalue weighted by atomic mass is 10.2. The first-order valence-corrected chi connectivity index (χ1v) is 12.0. The lowest BCUT2D eigenvalue weighted by Gasteiger charge is -2.15. The van der Waals surface area contributed by atoms with Gasteiger partial charge in [-0.05, 0) is 49.1 Å². The summed E-state index contributed by atoms with van der Waals surface area (Å²) in [6.07, 6.45) is 2.17. The van der Waals surface area contributed by atoms with Gasteiger partial charge in [0.2, 0.25) is 11.8 Å². The summed E-state index contributed by atoms with van der Waals surface area (Å²) in [6, 6.07) is 12.5. The summed E-state index contributed by atoms with van der Waals surface area (Å²) in [6.45, 7) is 1.11. The van der Waals surface area contributed by atoms with Crippen molar-refractivity contribution in [1.82, 2.24) is 19.8 Å². The minimum Gasteiger partial charge on any atom is -0.376 e. The maximum Gasteiger partial charge on any atom is 0.331 e. The van der Waals surface area contributed by atoms with Gasteiger partial charge in [-0.25, -0.2) is 9.18 Å². The van der Waals surface area contributed by atoms with Crippen molar-refractivity contribution in [1.29, 1.82) is 0 Å². The van der Waals surface area contributed by atoms with E-state index in [1.165, 1.54) is 16.7 Å². The van der Waals surface area contributed by atoms with Crippen LogP contribution in [-0.4, -0.2) is 40.2 Å². The van der Waals surface area contributed by atoms with Crippen LogP contribution in [0.15, 0.2) is 58.1 Å². The minimum atomic E-state index is -0.599. The summed E-state index contributed by atoms with van der Waals surface area (Å²) in [7, 11) is 0. The summed E-state index contributed by atoms with van der Waals surface area (Å²) in [5.41, 5.74) is 0.0835. The molecule has 4 rings (SSSR count). The van der Waals surface area contributed by atoms with Gasteiger partial charge in [-0.2, -0.15) is 0 Å². The van der Waals surface area contributed by atoms with Crippen molar-refractivity contribution < 1.29 is 18.7 Å². The Labute approximate surface area is 206 Å². The number of nitrogens with one attached hydrogen (secondary N) is 2. The van der Waals surface area contributed by atoms with Gasteiger partial charge in [0.15, 0.2) is 0 Å². The minimum absolute atomic E-state index is 0.0226. The zero-order valence-electron chi connectivity index (χ0n) is 19.9. The highest BCUT2D eigenvalue weighted by molar-refractivity contribution is 5.81. The Morgan fingerprint density at radius 1 is 1.00 bits per heavy atom. The highest BCUT2D eigenvalue weighted by Crippen LogP contribution is 2.11. The maximum absolute atomic E-state index is 13.2. The van der Waals surface area contributed by atoms with Crippen LogP contribution in [0.1, 0.15) is 31.2 Å². The van der Waals surface area contributed by atoms with Crippen molar-refractivity contribution in [3.8, 4) is 0 Å². The third kappa shape index (κ3) is 6.25. The van der Waals surface area contributed by atoms with E-state index in [9.17, 15) is 23.6 Å². The van der Waals surface area contributed by atoms with E-state index in [4.69, 9.17) is 4.74 Å². The fourth-order valence-electron chi connectivity index (χ4n) is 4.24. The van der Waals surface area contributed by atoms with Gasteiger partial charge in [-0.3, -0.25) is 23.5 Å². The molecule has 1 aliphatic heterocycles. The quantitative estimate of drug-likeness (QED) is 0.444. The molecule has 1 aromatic heterocycles. The Morgan fingerprint density at radius 2 is 1.78 bits per heavy atom.